The predicted octanol–water partition coefficient (Wildman–Crippen LogP) is 7.85. The normalized spacial score (nSPS) is 15.6. The maximum Gasteiger partial charge on any atom is 0.271 e. The van der Waals surface area contributed by atoms with Crippen LogP contribution in [0.1, 0.15) is 45.1 Å². The molecule has 1 saturated heterocycles. The molecule has 0 radical (unpaired) electrons. The van der Waals surface area contributed by atoms with Gasteiger partial charge in [0.05, 0.1) is 29.5 Å². The van der Waals surface area contributed by atoms with Gasteiger partial charge in [0, 0.05) is 0 Å². The predicted molar refractivity (Wildman–Crippen MR) is 150 cm³/mol. The number of amidine groups is 1. The zero-order valence-electron chi connectivity index (χ0n) is 20.9. The summed E-state index contributed by atoms with van der Waals surface area (Å²) in [5.41, 5.74) is 2.46. The standard InChI is InChI=1S/C30H32N2O3S/c1-3-5-6-13-20-35-26-19-18-23(21-27(26)34-4-2)22-28-29(33)32(25-16-11-8-12-17-25)30(36-28)31-24-14-9-7-10-15-24/h7-12,14-19,21-22H,3-6,13,20H2,1-2H3/b28-22+,31-30?. The first-order valence-corrected chi connectivity index (χ1v) is 13.3. The maximum atomic E-state index is 13.5. The maximum absolute atomic E-state index is 13.5. The van der Waals surface area contributed by atoms with Crippen molar-refractivity contribution < 1.29 is 14.3 Å². The van der Waals surface area contributed by atoms with Crippen molar-refractivity contribution in [1.82, 2.24) is 0 Å². The van der Waals surface area contributed by atoms with Crippen LogP contribution in [0.15, 0.2) is 88.8 Å². The second-order valence-electron chi connectivity index (χ2n) is 8.36. The number of benzene rings is 3. The Morgan fingerprint density at radius 2 is 1.61 bits per heavy atom. The highest BCUT2D eigenvalue weighted by Crippen LogP contribution is 2.38. The quantitative estimate of drug-likeness (QED) is 0.199. The number of anilines is 1. The van der Waals surface area contributed by atoms with E-state index in [2.05, 4.69) is 6.92 Å². The summed E-state index contributed by atoms with van der Waals surface area (Å²) in [4.78, 5) is 20.6. The fraction of sp³-hybridized carbons (Fsp3) is 0.267. The number of aliphatic imine (C=N–C) groups is 1. The van der Waals surface area contributed by atoms with E-state index in [-0.39, 0.29) is 5.91 Å². The number of carbonyl (C=O) groups excluding carboxylic acids is 1. The van der Waals surface area contributed by atoms with Crippen molar-refractivity contribution in [2.75, 3.05) is 18.1 Å². The largest absolute Gasteiger partial charge is 0.490 e. The van der Waals surface area contributed by atoms with Crippen LogP contribution in [0, 0.1) is 0 Å². The molecule has 3 aromatic rings. The van der Waals surface area contributed by atoms with E-state index in [9.17, 15) is 4.79 Å². The Morgan fingerprint density at radius 3 is 2.33 bits per heavy atom. The number of thioether (sulfide) groups is 1. The van der Waals surface area contributed by atoms with Crippen LogP contribution in [0.2, 0.25) is 0 Å². The van der Waals surface area contributed by atoms with Crippen molar-refractivity contribution in [2.45, 2.75) is 39.5 Å². The lowest BCUT2D eigenvalue weighted by Crippen LogP contribution is -2.28. The number of hydrogen-bond donors (Lipinski definition) is 0. The van der Waals surface area contributed by atoms with E-state index in [1.165, 1.54) is 24.6 Å². The zero-order valence-corrected chi connectivity index (χ0v) is 21.7. The molecule has 186 valence electrons. The van der Waals surface area contributed by atoms with Gasteiger partial charge in [-0.3, -0.25) is 9.69 Å². The van der Waals surface area contributed by atoms with Crippen molar-refractivity contribution in [3.8, 4) is 11.5 Å². The molecule has 1 aliphatic heterocycles. The van der Waals surface area contributed by atoms with Gasteiger partial charge in [-0.1, -0.05) is 68.7 Å². The minimum Gasteiger partial charge on any atom is -0.490 e. The van der Waals surface area contributed by atoms with Gasteiger partial charge in [0.25, 0.3) is 5.91 Å². The van der Waals surface area contributed by atoms with E-state index in [4.69, 9.17) is 14.5 Å². The molecule has 0 N–H and O–H groups in total. The first kappa shape index (κ1) is 25.6. The first-order chi connectivity index (χ1) is 17.7. The monoisotopic (exact) mass is 500 g/mol. The van der Waals surface area contributed by atoms with Crippen molar-refractivity contribution in [1.29, 1.82) is 0 Å². The molecule has 0 spiro atoms. The molecule has 1 heterocycles. The third-order valence-corrected chi connectivity index (χ3v) is 6.59. The molecule has 0 bridgehead atoms. The highest BCUT2D eigenvalue weighted by Gasteiger charge is 2.34. The van der Waals surface area contributed by atoms with Crippen LogP contribution in [0.4, 0.5) is 11.4 Å². The second-order valence-corrected chi connectivity index (χ2v) is 9.37. The number of hydrogen-bond acceptors (Lipinski definition) is 5. The van der Waals surface area contributed by atoms with Gasteiger partial charge >= 0.3 is 0 Å². The molecule has 4 rings (SSSR count). The topological polar surface area (TPSA) is 51.1 Å². The summed E-state index contributed by atoms with van der Waals surface area (Å²) in [7, 11) is 0. The van der Waals surface area contributed by atoms with Crippen LogP contribution < -0.4 is 14.4 Å². The van der Waals surface area contributed by atoms with Gasteiger partial charge in [-0.2, -0.15) is 0 Å². The zero-order chi connectivity index (χ0) is 25.2. The molecular weight excluding hydrogens is 468 g/mol. The Labute approximate surface area is 217 Å². The fourth-order valence-electron chi connectivity index (χ4n) is 3.83. The summed E-state index contributed by atoms with van der Waals surface area (Å²) < 4.78 is 11.9. The summed E-state index contributed by atoms with van der Waals surface area (Å²) in [5.74, 6) is 1.32. The van der Waals surface area contributed by atoms with Crippen LogP contribution in [0.3, 0.4) is 0 Å². The number of amides is 1. The lowest BCUT2D eigenvalue weighted by molar-refractivity contribution is -0.113. The van der Waals surface area contributed by atoms with Crippen molar-refractivity contribution in [2.24, 2.45) is 4.99 Å². The summed E-state index contributed by atoms with van der Waals surface area (Å²) in [5, 5.41) is 0.626. The number of para-hydroxylation sites is 2. The minimum absolute atomic E-state index is 0.102. The van der Waals surface area contributed by atoms with Crippen LogP contribution >= 0.6 is 11.8 Å². The van der Waals surface area contributed by atoms with E-state index in [0.717, 1.165) is 35.5 Å². The van der Waals surface area contributed by atoms with Gasteiger partial charge in [-0.15, -0.1) is 0 Å². The Hall–Kier alpha value is -3.51. The van der Waals surface area contributed by atoms with E-state index in [1.807, 2.05) is 91.9 Å². The van der Waals surface area contributed by atoms with E-state index < -0.39 is 0 Å². The van der Waals surface area contributed by atoms with Crippen LogP contribution in [0.5, 0.6) is 11.5 Å². The summed E-state index contributed by atoms with van der Waals surface area (Å²) >= 11 is 1.37. The molecule has 0 saturated carbocycles. The highest BCUT2D eigenvalue weighted by atomic mass is 32.2. The third-order valence-electron chi connectivity index (χ3n) is 5.62. The highest BCUT2D eigenvalue weighted by molar-refractivity contribution is 8.19. The van der Waals surface area contributed by atoms with Gasteiger partial charge in [0.1, 0.15) is 0 Å². The van der Waals surface area contributed by atoms with Crippen LogP contribution in [-0.2, 0) is 4.79 Å². The van der Waals surface area contributed by atoms with E-state index in [0.29, 0.717) is 29.0 Å². The molecule has 0 atom stereocenters. The minimum atomic E-state index is -0.102. The number of unbranched alkanes of at least 4 members (excludes halogenated alkanes) is 3. The molecule has 5 nitrogen and oxygen atoms in total. The smallest absolute Gasteiger partial charge is 0.271 e. The Kier molecular flexibility index (Phi) is 9.22. The molecule has 36 heavy (non-hydrogen) atoms. The van der Waals surface area contributed by atoms with Crippen LogP contribution in [-0.4, -0.2) is 24.3 Å². The van der Waals surface area contributed by atoms with Gasteiger partial charge in [0.15, 0.2) is 16.7 Å². The fourth-order valence-corrected chi connectivity index (χ4v) is 4.83. The van der Waals surface area contributed by atoms with Gasteiger partial charge in [-0.25, -0.2) is 4.99 Å². The SMILES string of the molecule is CCCCCCOc1ccc(/C=C2/SC(=Nc3ccccc3)N(c3ccccc3)C2=O)cc1OCC. The number of carbonyl (C=O) groups is 1. The molecule has 1 amide bonds. The van der Waals surface area contributed by atoms with E-state index >= 15 is 0 Å². The first-order valence-electron chi connectivity index (χ1n) is 12.5. The molecular formula is C30H32N2O3S. The molecule has 6 heteroatoms. The molecule has 1 fully saturated rings. The van der Waals surface area contributed by atoms with Gasteiger partial charge < -0.3 is 9.47 Å². The van der Waals surface area contributed by atoms with Crippen molar-refractivity contribution in [3.63, 3.8) is 0 Å². The average Bonchev–Trinajstić information content (AvgIpc) is 3.20. The molecule has 1 aliphatic rings. The van der Waals surface area contributed by atoms with Crippen LogP contribution in [0.25, 0.3) is 6.08 Å². The summed E-state index contributed by atoms with van der Waals surface area (Å²) in [6, 6.07) is 25.1. The molecule has 0 unspecified atom stereocenters. The Balaban J connectivity index is 1.60. The lowest BCUT2D eigenvalue weighted by atomic mass is 10.1. The van der Waals surface area contributed by atoms with Crippen molar-refractivity contribution in [3.05, 3.63) is 89.3 Å². The van der Waals surface area contributed by atoms with Gasteiger partial charge in [-0.05, 0) is 73.1 Å². The summed E-state index contributed by atoms with van der Waals surface area (Å²) in [6.45, 7) is 5.36. The average molecular weight is 501 g/mol. The van der Waals surface area contributed by atoms with Crippen molar-refractivity contribution >= 4 is 40.3 Å². The Morgan fingerprint density at radius 1 is 0.861 bits per heavy atom. The van der Waals surface area contributed by atoms with E-state index in [1.54, 1.807) is 4.90 Å². The molecule has 0 aliphatic carbocycles. The summed E-state index contributed by atoms with van der Waals surface area (Å²) in [6.07, 6.45) is 6.49. The lowest BCUT2D eigenvalue weighted by Gasteiger charge is -2.15. The number of ether oxygens (including phenoxy) is 2. The van der Waals surface area contributed by atoms with Gasteiger partial charge in [0.2, 0.25) is 0 Å². The second kappa shape index (κ2) is 13.0. The Bertz CT molecular complexity index is 1210. The number of rotatable bonds is 11. The number of nitrogens with zero attached hydrogens (tertiary/aromatic N) is 2. The molecule has 0 aromatic heterocycles. The third kappa shape index (κ3) is 6.58. The molecule has 3 aromatic carbocycles.